The van der Waals surface area contributed by atoms with Crippen LogP contribution in [0.5, 0.6) is 0 Å². The first-order chi connectivity index (χ1) is 7.54. The summed E-state index contributed by atoms with van der Waals surface area (Å²) >= 11 is 5.60. The van der Waals surface area contributed by atoms with Crippen LogP contribution in [0.25, 0.3) is 0 Å². The second-order valence-corrected chi connectivity index (χ2v) is 5.74. The molecule has 5 heteroatoms. The van der Waals surface area contributed by atoms with Crippen LogP contribution < -0.4 is 0 Å². The SMILES string of the molecule is CCN(CCCl)S(=O)(=O)c1ccccc1C. The van der Waals surface area contributed by atoms with E-state index in [1.807, 2.05) is 13.0 Å². The largest absolute Gasteiger partial charge is 0.243 e. The van der Waals surface area contributed by atoms with Crippen molar-refractivity contribution in [2.45, 2.75) is 18.7 Å². The fourth-order valence-corrected chi connectivity index (χ4v) is 3.51. The second kappa shape index (κ2) is 5.66. The normalized spacial score (nSPS) is 12.0. The third kappa shape index (κ3) is 2.75. The fourth-order valence-electron chi connectivity index (χ4n) is 1.53. The number of sulfonamides is 1. The molecular formula is C11H16ClNO2S. The van der Waals surface area contributed by atoms with Crippen molar-refractivity contribution in [2.75, 3.05) is 19.0 Å². The van der Waals surface area contributed by atoms with Crippen LogP contribution in [-0.4, -0.2) is 31.7 Å². The maximum Gasteiger partial charge on any atom is 0.243 e. The van der Waals surface area contributed by atoms with Crippen LogP contribution in [0.3, 0.4) is 0 Å². The lowest BCUT2D eigenvalue weighted by molar-refractivity contribution is 0.446. The molecule has 1 aromatic rings. The first-order valence-corrected chi connectivity index (χ1v) is 7.13. The lowest BCUT2D eigenvalue weighted by Gasteiger charge is -2.20. The Morgan fingerprint density at radius 1 is 1.31 bits per heavy atom. The van der Waals surface area contributed by atoms with Crippen LogP contribution in [0.15, 0.2) is 29.2 Å². The molecule has 90 valence electrons. The third-order valence-electron chi connectivity index (χ3n) is 2.40. The Morgan fingerprint density at radius 2 is 1.94 bits per heavy atom. The van der Waals surface area contributed by atoms with Crippen LogP contribution >= 0.6 is 11.6 Å². The highest BCUT2D eigenvalue weighted by Crippen LogP contribution is 2.19. The molecule has 0 saturated heterocycles. The minimum atomic E-state index is -3.40. The van der Waals surface area contributed by atoms with Gasteiger partial charge in [-0.05, 0) is 18.6 Å². The molecule has 0 fully saturated rings. The fraction of sp³-hybridized carbons (Fsp3) is 0.455. The van der Waals surface area contributed by atoms with E-state index in [1.165, 1.54) is 4.31 Å². The average molecular weight is 262 g/mol. The lowest BCUT2D eigenvalue weighted by atomic mass is 10.2. The van der Waals surface area contributed by atoms with Gasteiger partial charge in [0, 0.05) is 19.0 Å². The summed E-state index contributed by atoms with van der Waals surface area (Å²) in [6.07, 6.45) is 0. The van der Waals surface area contributed by atoms with Crippen molar-refractivity contribution in [1.29, 1.82) is 0 Å². The maximum absolute atomic E-state index is 12.2. The molecular weight excluding hydrogens is 246 g/mol. The molecule has 0 saturated carbocycles. The summed E-state index contributed by atoms with van der Waals surface area (Å²) in [5.74, 6) is 0.305. The molecule has 0 aliphatic heterocycles. The molecule has 1 aromatic carbocycles. The molecule has 0 aliphatic rings. The summed E-state index contributed by atoms with van der Waals surface area (Å²) in [6, 6.07) is 6.98. The van der Waals surface area contributed by atoms with E-state index < -0.39 is 10.0 Å². The van der Waals surface area contributed by atoms with Crippen LogP contribution in [0, 0.1) is 6.92 Å². The lowest BCUT2D eigenvalue weighted by Crippen LogP contribution is -2.33. The summed E-state index contributed by atoms with van der Waals surface area (Å²) in [6.45, 7) is 4.38. The topological polar surface area (TPSA) is 37.4 Å². The predicted octanol–water partition coefficient (Wildman–Crippen LogP) is 2.24. The van der Waals surface area contributed by atoms with E-state index in [0.29, 0.717) is 23.9 Å². The van der Waals surface area contributed by atoms with Gasteiger partial charge in [-0.25, -0.2) is 8.42 Å². The van der Waals surface area contributed by atoms with Gasteiger partial charge in [-0.3, -0.25) is 0 Å². The Balaban J connectivity index is 3.15. The van der Waals surface area contributed by atoms with Gasteiger partial charge in [-0.1, -0.05) is 25.1 Å². The highest BCUT2D eigenvalue weighted by Gasteiger charge is 2.23. The molecule has 0 heterocycles. The number of hydrogen-bond acceptors (Lipinski definition) is 2. The van der Waals surface area contributed by atoms with Gasteiger partial charge in [0.1, 0.15) is 0 Å². The average Bonchev–Trinajstić information content (AvgIpc) is 2.26. The van der Waals surface area contributed by atoms with Crippen molar-refractivity contribution < 1.29 is 8.42 Å². The zero-order chi connectivity index (χ0) is 12.2. The van der Waals surface area contributed by atoms with Crippen molar-refractivity contribution in [2.24, 2.45) is 0 Å². The molecule has 0 aromatic heterocycles. The number of rotatable bonds is 5. The molecule has 3 nitrogen and oxygen atoms in total. The van der Waals surface area contributed by atoms with Crippen LogP contribution in [-0.2, 0) is 10.0 Å². The van der Waals surface area contributed by atoms with Crippen LogP contribution in [0.1, 0.15) is 12.5 Å². The number of halogens is 1. The molecule has 0 N–H and O–H groups in total. The zero-order valence-electron chi connectivity index (χ0n) is 9.48. The van der Waals surface area contributed by atoms with Gasteiger partial charge in [0.05, 0.1) is 4.90 Å². The zero-order valence-corrected chi connectivity index (χ0v) is 11.1. The van der Waals surface area contributed by atoms with E-state index >= 15 is 0 Å². The van der Waals surface area contributed by atoms with Gasteiger partial charge in [-0.2, -0.15) is 4.31 Å². The number of hydrogen-bond donors (Lipinski definition) is 0. The maximum atomic E-state index is 12.2. The summed E-state index contributed by atoms with van der Waals surface area (Å²) in [5, 5.41) is 0. The Labute approximate surface area is 102 Å². The number of alkyl halides is 1. The smallest absolute Gasteiger partial charge is 0.207 e. The first-order valence-electron chi connectivity index (χ1n) is 5.15. The predicted molar refractivity (Wildman–Crippen MR) is 66.3 cm³/mol. The quantitative estimate of drug-likeness (QED) is 0.763. The standard InChI is InChI=1S/C11H16ClNO2S/c1-3-13(9-8-12)16(14,15)11-7-5-4-6-10(11)2/h4-7H,3,8-9H2,1-2H3. The van der Waals surface area contributed by atoms with Gasteiger partial charge in [0.15, 0.2) is 0 Å². The van der Waals surface area contributed by atoms with E-state index in [9.17, 15) is 8.42 Å². The summed E-state index contributed by atoms with van der Waals surface area (Å²) in [7, 11) is -3.40. The van der Waals surface area contributed by atoms with Gasteiger partial charge in [0.25, 0.3) is 0 Å². The molecule has 0 atom stereocenters. The van der Waals surface area contributed by atoms with E-state index in [4.69, 9.17) is 11.6 Å². The summed E-state index contributed by atoms with van der Waals surface area (Å²) in [4.78, 5) is 0.363. The molecule has 0 aliphatic carbocycles. The van der Waals surface area contributed by atoms with E-state index in [-0.39, 0.29) is 0 Å². The van der Waals surface area contributed by atoms with Gasteiger partial charge >= 0.3 is 0 Å². The number of nitrogens with zero attached hydrogens (tertiary/aromatic N) is 1. The highest BCUT2D eigenvalue weighted by atomic mass is 35.5. The van der Waals surface area contributed by atoms with Gasteiger partial charge in [0.2, 0.25) is 10.0 Å². The van der Waals surface area contributed by atoms with Crippen LogP contribution in [0.2, 0.25) is 0 Å². The summed E-state index contributed by atoms with van der Waals surface area (Å²) < 4.78 is 25.9. The molecule has 0 unspecified atom stereocenters. The second-order valence-electron chi connectivity index (χ2n) is 3.45. The number of benzene rings is 1. The Kier molecular flexibility index (Phi) is 4.77. The molecule has 0 spiro atoms. The Hall–Kier alpha value is -0.580. The highest BCUT2D eigenvalue weighted by molar-refractivity contribution is 7.89. The van der Waals surface area contributed by atoms with Crippen molar-refractivity contribution in [3.05, 3.63) is 29.8 Å². The number of aryl methyl sites for hydroxylation is 1. The van der Waals surface area contributed by atoms with Crippen molar-refractivity contribution in [1.82, 2.24) is 4.31 Å². The van der Waals surface area contributed by atoms with E-state index in [0.717, 1.165) is 5.56 Å². The Bertz CT molecular complexity index is 445. The van der Waals surface area contributed by atoms with Crippen molar-refractivity contribution in [3.63, 3.8) is 0 Å². The van der Waals surface area contributed by atoms with Crippen molar-refractivity contribution in [3.8, 4) is 0 Å². The molecule has 16 heavy (non-hydrogen) atoms. The first kappa shape index (κ1) is 13.5. The molecule has 0 amide bonds. The molecule has 0 radical (unpaired) electrons. The monoisotopic (exact) mass is 261 g/mol. The van der Waals surface area contributed by atoms with E-state index in [2.05, 4.69) is 0 Å². The molecule has 0 bridgehead atoms. The van der Waals surface area contributed by atoms with Crippen molar-refractivity contribution >= 4 is 21.6 Å². The minimum absolute atomic E-state index is 0.305. The van der Waals surface area contributed by atoms with Gasteiger partial charge in [-0.15, -0.1) is 11.6 Å². The third-order valence-corrected chi connectivity index (χ3v) is 4.70. The minimum Gasteiger partial charge on any atom is -0.207 e. The van der Waals surface area contributed by atoms with Crippen LogP contribution in [0.4, 0.5) is 0 Å². The Morgan fingerprint density at radius 3 is 2.44 bits per heavy atom. The molecule has 1 rings (SSSR count). The van der Waals surface area contributed by atoms with Gasteiger partial charge < -0.3 is 0 Å². The summed E-state index contributed by atoms with van der Waals surface area (Å²) in [5.41, 5.74) is 0.760. The van der Waals surface area contributed by atoms with E-state index in [1.54, 1.807) is 25.1 Å².